The fraction of sp³-hybridized carbons (Fsp3) is 0.222. The van der Waals surface area contributed by atoms with Crippen molar-refractivity contribution in [3.63, 3.8) is 0 Å². The van der Waals surface area contributed by atoms with E-state index < -0.39 is 6.03 Å². The minimum absolute atomic E-state index is 0.179. The molecule has 1 heterocycles. The Morgan fingerprint density at radius 3 is 2.71 bits per heavy atom. The van der Waals surface area contributed by atoms with Gasteiger partial charge in [-0.1, -0.05) is 12.1 Å². The van der Waals surface area contributed by atoms with Gasteiger partial charge >= 0.3 is 6.03 Å². The fourth-order valence-electron chi connectivity index (χ4n) is 2.07. The number of benzene rings is 1. The average molecular weight is 327 g/mol. The van der Waals surface area contributed by atoms with Gasteiger partial charge < -0.3 is 15.2 Å². The van der Waals surface area contributed by atoms with Crippen molar-refractivity contribution >= 4 is 11.7 Å². The van der Waals surface area contributed by atoms with E-state index in [1.807, 2.05) is 0 Å². The van der Waals surface area contributed by atoms with E-state index in [-0.39, 0.29) is 17.1 Å². The predicted molar refractivity (Wildman–Crippen MR) is 91.3 cm³/mol. The topological polar surface area (TPSA) is 63.1 Å². The lowest BCUT2D eigenvalue weighted by molar-refractivity contribution is 0.252. The van der Waals surface area contributed by atoms with E-state index in [0.717, 1.165) is 5.56 Å². The van der Waals surface area contributed by atoms with Gasteiger partial charge in [-0.3, -0.25) is 4.79 Å². The van der Waals surface area contributed by atoms with Crippen LogP contribution in [0.3, 0.4) is 0 Å². The van der Waals surface area contributed by atoms with Gasteiger partial charge in [-0.15, -0.1) is 11.8 Å². The first kappa shape index (κ1) is 17.3. The Morgan fingerprint density at radius 2 is 2.00 bits per heavy atom. The molecule has 2 N–H and O–H groups in total. The van der Waals surface area contributed by atoms with Crippen LogP contribution in [-0.4, -0.2) is 17.1 Å². The van der Waals surface area contributed by atoms with Crippen LogP contribution in [0, 0.1) is 17.7 Å². The summed E-state index contributed by atoms with van der Waals surface area (Å²) in [6, 6.07) is 8.67. The summed E-state index contributed by atoms with van der Waals surface area (Å²) >= 11 is 0. The summed E-state index contributed by atoms with van der Waals surface area (Å²) in [5.74, 6) is 5.24. The Labute approximate surface area is 139 Å². The van der Waals surface area contributed by atoms with Gasteiger partial charge in [0.2, 0.25) is 0 Å². The van der Waals surface area contributed by atoms with Crippen LogP contribution in [0.4, 0.5) is 14.9 Å². The molecule has 24 heavy (non-hydrogen) atoms. The number of nitrogens with zero attached hydrogens (tertiary/aromatic N) is 1. The monoisotopic (exact) mass is 327 g/mol. The molecule has 0 aliphatic carbocycles. The first-order chi connectivity index (χ1) is 11.6. The van der Waals surface area contributed by atoms with Gasteiger partial charge in [-0.05, 0) is 36.8 Å². The van der Waals surface area contributed by atoms with Crippen molar-refractivity contribution in [1.29, 1.82) is 0 Å². The van der Waals surface area contributed by atoms with Crippen LogP contribution in [-0.2, 0) is 6.54 Å². The molecule has 2 amide bonds. The summed E-state index contributed by atoms with van der Waals surface area (Å²) in [7, 11) is 0. The van der Waals surface area contributed by atoms with Gasteiger partial charge in [0, 0.05) is 19.2 Å². The van der Waals surface area contributed by atoms with E-state index in [1.54, 1.807) is 31.3 Å². The van der Waals surface area contributed by atoms with E-state index in [4.69, 9.17) is 0 Å². The van der Waals surface area contributed by atoms with Crippen LogP contribution >= 0.6 is 0 Å². The number of rotatable bonds is 5. The molecule has 6 heteroatoms. The molecular weight excluding hydrogens is 309 g/mol. The van der Waals surface area contributed by atoms with Crippen LogP contribution < -0.4 is 16.2 Å². The molecule has 0 atom stereocenters. The lowest BCUT2D eigenvalue weighted by atomic mass is 10.2. The number of pyridine rings is 1. The number of aromatic nitrogens is 1. The van der Waals surface area contributed by atoms with Crippen LogP contribution in [0.25, 0.3) is 0 Å². The van der Waals surface area contributed by atoms with Gasteiger partial charge in [-0.2, -0.15) is 0 Å². The molecule has 2 aromatic rings. The first-order valence-electron chi connectivity index (χ1n) is 7.48. The van der Waals surface area contributed by atoms with E-state index in [2.05, 4.69) is 22.5 Å². The smallest absolute Gasteiger partial charge is 0.319 e. The minimum Gasteiger partial charge on any atom is -0.337 e. The second-order valence-corrected chi connectivity index (χ2v) is 5.04. The molecule has 0 unspecified atom stereocenters. The van der Waals surface area contributed by atoms with Crippen molar-refractivity contribution in [2.24, 2.45) is 0 Å². The van der Waals surface area contributed by atoms with Crippen molar-refractivity contribution in [3.05, 3.63) is 64.3 Å². The van der Waals surface area contributed by atoms with Crippen molar-refractivity contribution in [1.82, 2.24) is 9.88 Å². The molecule has 5 nitrogen and oxygen atoms in total. The number of urea groups is 1. The third kappa shape index (κ3) is 4.99. The van der Waals surface area contributed by atoms with E-state index in [1.165, 1.54) is 22.8 Å². The van der Waals surface area contributed by atoms with E-state index >= 15 is 0 Å². The highest BCUT2D eigenvalue weighted by atomic mass is 19.1. The fourth-order valence-corrected chi connectivity index (χ4v) is 2.07. The van der Waals surface area contributed by atoms with Crippen LogP contribution in [0.1, 0.15) is 18.9 Å². The van der Waals surface area contributed by atoms with Crippen molar-refractivity contribution in [2.45, 2.75) is 19.9 Å². The van der Waals surface area contributed by atoms with Gasteiger partial charge in [0.05, 0.1) is 6.54 Å². The maximum atomic E-state index is 12.9. The van der Waals surface area contributed by atoms with E-state index in [9.17, 15) is 14.0 Å². The summed E-state index contributed by atoms with van der Waals surface area (Å²) < 4.78 is 14.4. The SMILES string of the molecule is CC#CCCNC(=O)Nc1cccn(Cc2ccc(F)cc2)c1=O. The highest BCUT2D eigenvalue weighted by Crippen LogP contribution is 2.05. The largest absolute Gasteiger partial charge is 0.337 e. The third-order valence-corrected chi connectivity index (χ3v) is 3.25. The highest BCUT2D eigenvalue weighted by Gasteiger charge is 2.07. The highest BCUT2D eigenvalue weighted by molar-refractivity contribution is 5.88. The molecular formula is C18H18FN3O2. The molecule has 0 saturated carbocycles. The lowest BCUT2D eigenvalue weighted by Gasteiger charge is -2.10. The zero-order valence-electron chi connectivity index (χ0n) is 13.3. The molecule has 0 aliphatic rings. The number of carbonyl (C=O) groups is 1. The van der Waals surface area contributed by atoms with Crippen LogP contribution in [0.2, 0.25) is 0 Å². The number of anilines is 1. The average Bonchev–Trinajstić information content (AvgIpc) is 2.57. The number of halogens is 1. The Kier molecular flexibility index (Phi) is 6.15. The maximum absolute atomic E-state index is 12.9. The first-order valence-corrected chi connectivity index (χ1v) is 7.48. The second kappa shape index (κ2) is 8.53. The number of hydrogen-bond acceptors (Lipinski definition) is 2. The van der Waals surface area contributed by atoms with Crippen molar-refractivity contribution in [2.75, 3.05) is 11.9 Å². The van der Waals surface area contributed by atoms with Gasteiger partial charge in [0.1, 0.15) is 11.5 Å². The lowest BCUT2D eigenvalue weighted by Crippen LogP contribution is -2.33. The Bertz CT molecular complexity index is 817. The maximum Gasteiger partial charge on any atom is 0.319 e. The quantitative estimate of drug-likeness (QED) is 0.655. The number of carbonyl (C=O) groups excluding carboxylic acids is 1. The third-order valence-electron chi connectivity index (χ3n) is 3.25. The molecule has 0 spiro atoms. The Balaban J connectivity index is 2.04. The molecule has 1 aromatic carbocycles. The second-order valence-electron chi connectivity index (χ2n) is 5.04. The van der Waals surface area contributed by atoms with Crippen molar-refractivity contribution < 1.29 is 9.18 Å². The Morgan fingerprint density at radius 1 is 1.25 bits per heavy atom. The molecule has 1 aromatic heterocycles. The molecule has 2 rings (SSSR count). The van der Waals surface area contributed by atoms with E-state index in [0.29, 0.717) is 19.5 Å². The van der Waals surface area contributed by atoms with Gasteiger partial charge in [-0.25, -0.2) is 9.18 Å². The summed E-state index contributed by atoms with van der Waals surface area (Å²) in [4.78, 5) is 24.2. The van der Waals surface area contributed by atoms with Gasteiger partial charge in [0.15, 0.2) is 0 Å². The van der Waals surface area contributed by atoms with Gasteiger partial charge in [0.25, 0.3) is 5.56 Å². The van der Waals surface area contributed by atoms with Crippen LogP contribution in [0.15, 0.2) is 47.4 Å². The van der Waals surface area contributed by atoms with Crippen molar-refractivity contribution in [3.8, 4) is 11.8 Å². The zero-order valence-corrected chi connectivity index (χ0v) is 13.3. The Hall–Kier alpha value is -3.07. The minimum atomic E-state index is -0.454. The number of amides is 2. The molecule has 0 saturated heterocycles. The standard InChI is InChI=1S/C18H18FN3O2/c1-2-3-4-11-20-18(24)21-16-6-5-12-22(17(16)23)13-14-7-9-15(19)10-8-14/h5-10,12H,4,11,13H2,1H3,(H2,20,21,24). The summed E-state index contributed by atoms with van der Waals surface area (Å²) in [6.45, 7) is 2.43. The summed E-state index contributed by atoms with van der Waals surface area (Å²) in [5, 5.41) is 5.16. The molecule has 0 fully saturated rings. The summed E-state index contributed by atoms with van der Waals surface area (Å²) in [5.41, 5.74) is 0.641. The zero-order chi connectivity index (χ0) is 17.4. The molecule has 0 bridgehead atoms. The van der Waals surface area contributed by atoms with Crippen LogP contribution in [0.5, 0.6) is 0 Å². The summed E-state index contributed by atoms with van der Waals surface area (Å²) in [6.07, 6.45) is 2.17. The number of nitrogens with one attached hydrogen (secondary N) is 2. The molecule has 124 valence electrons. The molecule has 0 aliphatic heterocycles. The molecule has 0 radical (unpaired) electrons. The normalized spacial score (nSPS) is 9.75. The predicted octanol–water partition coefficient (Wildman–Crippen LogP) is 2.57. The number of hydrogen-bond donors (Lipinski definition) is 2.